The Bertz CT molecular complexity index is 955. The lowest BCUT2D eigenvalue weighted by Gasteiger charge is -2.33. The molecule has 0 aromatic heterocycles. The molecule has 4 amide bonds. The number of esters is 1. The number of amides is 4. The number of nitrogens with one attached hydrogen (secondary N) is 2. The molecule has 1 atom stereocenters. The van der Waals surface area contributed by atoms with Crippen molar-refractivity contribution in [2.45, 2.75) is 51.1 Å². The summed E-state index contributed by atoms with van der Waals surface area (Å²) in [5.41, 5.74) is -0.106. The molecule has 10 heteroatoms. The highest BCUT2D eigenvalue weighted by atomic mass is 16.6. The van der Waals surface area contributed by atoms with E-state index in [0.29, 0.717) is 43.5 Å². The van der Waals surface area contributed by atoms with Crippen molar-refractivity contribution in [3.05, 3.63) is 23.8 Å². The minimum absolute atomic E-state index is 0.355. The molecule has 1 aromatic carbocycles. The third kappa shape index (κ3) is 4.89. The normalized spacial score (nSPS) is 24.9. The zero-order chi connectivity index (χ0) is 23.6. The number of carbonyl (C=O) groups excluding carboxylic acids is 4. The van der Waals surface area contributed by atoms with Crippen LogP contribution >= 0.6 is 0 Å². The lowest BCUT2D eigenvalue weighted by atomic mass is 9.77. The molecular formula is C23H29N3O7. The maximum atomic E-state index is 12.8. The van der Waals surface area contributed by atoms with Crippen LogP contribution in [0.5, 0.6) is 11.5 Å². The van der Waals surface area contributed by atoms with Crippen molar-refractivity contribution in [3.8, 4) is 11.5 Å². The van der Waals surface area contributed by atoms with Crippen molar-refractivity contribution in [1.29, 1.82) is 0 Å². The number of hydrogen-bond acceptors (Lipinski definition) is 7. The van der Waals surface area contributed by atoms with Gasteiger partial charge in [-0.3, -0.25) is 19.3 Å². The molecule has 3 aliphatic rings. The van der Waals surface area contributed by atoms with E-state index in [4.69, 9.17) is 14.2 Å². The molecule has 0 unspecified atom stereocenters. The summed E-state index contributed by atoms with van der Waals surface area (Å²) in [7, 11) is 0. The van der Waals surface area contributed by atoms with E-state index in [2.05, 4.69) is 17.6 Å². The number of ether oxygens (including phenoxy) is 3. The smallest absolute Gasteiger partial charge is 0.326 e. The van der Waals surface area contributed by atoms with Crippen LogP contribution in [-0.2, 0) is 19.1 Å². The Balaban J connectivity index is 1.25. The number of benzene rings is 1. The fourth-order valence-electron chi connectivity index (χ4n) is 4.43. The highest BCUT2D eigenvalue weighted by molar-refractivity contribution is 6.08. The Hall–Kier alpha value is -3.30. The van der Waals surface area contributed by atoms with E-state index >= 15 is 0 Å². The summed E-state index contributed by atoms with van der Waals surface area (Å²) in [6.07, 6.45) is 2.80. The zero-order valence-electron chi connectivity index (χ0n) is 18.8. The first-order valence-electron chi connectivity index (χ1n) is 11.3. The molecule has 2 fully saturated rings. The summed E-state index contributed by atoms with van der Waals surface area (Å²) >= 11 is 0. The van der Waals surface area contributed by atoms with Gasteiger partial charge in [0, 0.05) is 0 Å². The first-order valence-corrected chi connectivity index (χ1v) is 11.3. The second-order valence-corrected chi connectivity index (χ2v) is 8.94. The lowest BCUT2D eigenvalue weighted by Crippen LogP contribution is -2.49. The Morgan fingerprint density at radius 2 is 1.91 bits per heavy atom. The molecule has 10 nitrogen and oxygen atoms in total. The first-order chi connectivity index (χ1) is 15.8. The van der Waals surface area contributed by atoms with E-state index < -0.39 is 42.5 Å². The largest absolute Gasteiger partial charge is 0.486 e. The molecule has 1 saturated carbocycles. The van der Waals surface area contributed by atoms with Crippen LogP contribution in [0.1, 0.15) is 51.1 Å². The van der Waals surface area contributed by atoms with Crippen LogP contribution in [0.3, 0.4) is 0 Å². The van der Waals surface area contributed by atoms with Crippen LogP contribution in [0.25, 0.3) is 0 Å². The molecule has 1 aliphatic carbocycles. The molecule has 2 aliphatic heterocycles. The van der Waals surface area contributed by atoms with Crippen LogP contribution < -0.4 is 20.1 Å². The molecule has 1 saturated heterocycles. The van der Waals surface area contributed by atoms with Crippen LogP contribution in [0.15, 0.2) is 18.2 Å². The third-order valence-electron chi connectivity index (χ3n) is 6.47. The van der Waals surface area contributed by atoms with E-state index in [0.717, 1.165) is 23.3 Å². The first kappa shape index (κ1) is 22.9. The molecule has 1 spiro atoms. The topological polar surface area (TPSA) is 123 Å². The monoisotopic (exact) mass is 459 g/mol. The van der Waals surface area contributed by atoms with Crippen molar-refractivity contribution in [1.82, 2.24) is 15.5 Å². The Morgan fingerprint density at radius 3 is 2.64 bits per heavy atom. The Kier molecular flexibility index (Phi) is 6.44. The summed E-state index contributed by atoms with van der Waals surface area (Å²) in [6, 6.07) is 4.45. The molecule has 0 radical (unpaired) electrons. The van der Waals surface area contributed by atoms with Crippen LogP contribution in [0.2, 0.25) is 0 Å². The maximum absolute atomic E-state index is 12.8. The van der Waals surface area contributed by atoms with E-state index in [1.54, 1.807) is 19.1 Å². The summed E-state index contributed by atoms with van der Waals surface area (Å²) < 4.78 is 16.1. The fourth-order valence-corrected chi connectivity index (χ4v) is 4.43. The average Bonchev–Trinajstić information content (AvgIpc) is 3.03. The van der Waals surface area contributed by atoms with Crippen molar-refractivity contribution < 1.29 is 33.4 Å². The number of imide groups is 1. The predicted molar refractivity (Wildman–Crippen MR) is 116 cm³/mol. The second kappa shape index (κ2) is 9.29. The van der Waals surface area contributed by atoms with Crippen molar-refractivity contribution in [2.75, 3.05) is 26.4 Å². The Labute approximate surface area is 191 Å². The predicted octanol–water partition coefficient (Wildman–Crippen LogP) is 1.68. The maximum Gasteiger partial charge on any atom is 0.326 e. The zero-order valence-corrected chi connectivity index (χ0v) is 18.8. The SMILES string of the molecule is CC1CCC2(CC1)NC(=O)N(CC(=O)OCC(=O)N[C@H](C)c1ccc3c(c1)OCCO3)C2=O. The van der Waals surface area contributed by atoms with Gasteiger partial charge in [0.15, 0.2) is 18.1 Å². The Morgan fingerprint density at radius 1 is 1.21 bits per heavy atom. The number of hydrogen-bond donors (Lipinski definition) is 2. The van der Waals surface area contributed by atoms with Gasteiger partial charge in [-0.15, -0.1) is 0 Å². The minimum atomic E-state index is -0.916. The van der Waals surface area contributed by atoms with Crippen molar-refractivity contribution in [2.24, 2.45) is 5.92 Å². The molecule has 2 N–H and O–H groups in total. The molecule has 1 aromatic rings. The number of rotatable bonds is 6. The second-order valence-electron chi connectivity index (χ2n) is 8.94. The summed E-state index contributed by atoms with van der Waals surface area (Å²) in [6.45, 7) is 3.83. The van der Waals surface area contributed by atoms with Crippen molar-refractivity contribution >= 4 is 23.8 Å². The minimum Gasteiger partial charge on any atom is -0.486 e. The molecular weight excluding hydrogens is 430 g/mol. The molecule has 2 heterocycles. The number of fused-ring (bicyclic) bond motifs is 1. The molecule has 33 heavy (non-hydrogen) atoms. The van der Waals surface area contributed by atoms with Gasteiger partial charge in [0.25, 0.3) is 11.8 Å². The fraction of sp³-hybridized carbons (Fsp3) is 0.565. The van der Waals surface area contributed by atoms with Gasteiger partial charge in [-0.1, -0.05) is 13.0 Å². The van der Waals surface area contributed by atoms with Gasteiger partial charge in [-0.2, -0.15) is 0 Å². The summed E-state index contributed by atoms with van der Waals surface area (Å²) in [4.78, 5) is 50.5. The summed E-state index contributed by atoms with van der Waals surface area (Å²) in [5.74, 6) is 0.0606. The quantitative estimate of drug-likeness (QED) is 0.490. The van der Waals surface area contributed by atoms with Crippen molar-refractivity contribution in [3.63, 3.8) is 0 Å². The van der Waals surface area contributed by atoms with E-state index in [1.165, 1.54) is 0 Å². The van der Waals surface area contributed by atoms with Crippen LogP contribution in [-0.4, -0.2) is 60.6 Å². The van der Waals surface area contributed by atoms with Gasteiger partial charge in [0.1, 0.15) is 25.3 Å². The van der Waals surface area contributed by atoms with E-state index in [9.17, 15) is 19.2 Å². The number of carbonyl (C=O) groups is 4. The standard InChI is InChI=1S/C23H29N3O7/c1-14-5-7-23(8-6-14)21(29)26(22(30)25-23)12-20(28)33-13-19(27)24-15(2)16-3-4-17-18(11-16)32-10-9-31-17/h3-4,11,14-15H,5-10,12-13H2,1-2H3,(H,24,27)(H,25,30)/t14?,15-,23?/m1/s1. The lowest BCUT2D eigenvalue weighted by molar-refractivity contribution is -0.151. The third-order valence-corrected chi connectivity index (χ3v) is 6.47. The highest BCUT2D eigenvalue weighted by Gasteiger charge is 2.52. The van der Waals surface area contributed by atoms with Gasteiger partial charge >= 0.3 is 12.0 Å². The molecule has 4 rings (SSSR count). The van der Waals surface area contributed by atoms with Gasteiger partial charge in [-0.05, 0) is 56.2 Å². The van der Waals surface area contributed by atoms with Crippen LogP contribution in [0, 0.1) is 5.92 Å². The molecule has 178 valence electrons. The van der Waals surface area contributed by atoms with Gasteiger partial charge in [-0.25, -0.2) is 4.79 Å². The van der Waals surface area contributed by atoms with E-state index in [1.807, 2.05) is 6.07 Å². The van der Waals surface area contributed by atoms with E-state index in [-0.39, 0.29) is 6.04 Å². The number of urea groups is 1. The molecule has 0 bridgehead atoms. The van der Waals surface area contributed by atoms with Gasteiger partial charge in [0.05, 0.1) is 6.04 Å². The number of nitrogens with zero attached hydrogens (tertiary/aromatic N) is 1. The summed E-state index contributed by atoms with van der Waals surface area (Å²) in [5, 5.41) is 5.50. The van der Waals surface area contributed by atoms with Gasteiger partial charge < -0.3 is 24.8 Å². The van der Waals surface area contributed by atoms with Gasteiger partial charge in [0.2, 0.25) is 0 Å². The highest BCUT2D eigenvalue weighted by Crippen LogP contribution is 2.36. The average molecular weight is 459 g/mol. The van der Waals surface area contributed by atoms with Crippen LogP contribution in [0.4, 0.5) is 4.79 Å².